The Morgan fingerprint density at radius 2 is 2.13 bits per heavy atom. The van der Waals surface area contributed by atoms with Crippen LogP contribution in [0.25, 0.3) is 11.2 Å². The van der Waals surface area contributed by atoms with Crippen molar-refractivity contribution in [1.82, 2.24) is 15.0 Å². The second kappa shape index (κ2) is 2.51. The highest BCUT2D eigenvalue weighted by atomic mass is 15.0. The molecule has 3 N–H and O–H groups in total. The van der Waals surface area contributed by atoms with Crippen molar-refractivity contribution in [3.05, 3.63) is 18.0 Å². The summed E-state index contributed by atoms with van der Waals surface area (Å²) in [4.78, 5) is 12.0. The van der Waals surface area contributed by atoms with Crippen molar-refractivity contribution in [2.45, 2.75) is 26.2 Å². The van der Waals surface area contributed by atoms with Crippen molar-refractivity contribution in [2.75, 3.05) is 5.73 Å². The molecule has 4 heteroatoms. The average Bonchev–Trinajstić information content (AvgIpc) is 2.63. The quantitative estimate of drug-likeness (QED) is 0.743. The lowest BCUT2D eigenvalue weighted by Crippen LogP contribution is -1.91. The van der Waals surface area contributed by atoms with E-state index in [2.05, 4.69) is 28.8 Å². The first-order valence-corrected chi connectivity index (χ1v) is 5.18. The SMILES string of the molecule is CC1(C)CC1c1nc2nc(N)ccc2[nH]1. The Hall–Kier alpha value is -1.58. The summed E-state index contributed by atoms with van der Waals surface area (Å²) in [5.74, 6) is 2.12. The molecule has 1 atom stereocenters. The Kier molecular flexibility index (Phi) is 1.45. The minimum Gasteiger partial charge on any atom is -0.384 e. The summed E-state index contributed by atoms with van der Waals surface area (Å²) in [6, 6.07) is 3.73. The van der Waals surface area contributed by atoms with Gasteiger partial charge in [0.25, 0.3) is 0 Å². The number of aromatic amines is 1. The Morgan fingerprint density at radius 3 is 2.80 bits per heavy atom. The van der Waals surface area contributed by atoms with Crippen LogP contribution in [0.4, 0.5) is 5.82 Å². The summed E-state index contributed by atoms with van der Waals surface area (Å²) in [5, 5.41) is 0. The van der Waals surface area contributed by atoms with Crippen molar-refractivity contribution in [1.29, 1.82) is 0 Å². The number of hydrogen-bond acceptors (Lipinski definition) is 3. The molecular formula is C11H14N4. The lowest BCUT2D eigenvalue weighted by molar-refractivity contribution is 0.611. The Morgan fingerprint density at radius 1 is 1.40 bits per heavy atom. The third kappa shape index (κ3) is 1.28. The fraction of sp³-hybridized carbons (Fsp3) is 0.455. The van der Waals surface area contributed by atoms with Crippen LogP contribution < -0.4 is 5.73 Å². The summed E-state index contributed by atoms with van der Waals surface area (Å²) in [7, 11) is 0. The van der Waals surface area contributed by atoms with Crippen molar-refractivity contribution < 1.29 is 0 Å². The Bertz CT molecular complexity index is 526. The first-order valence-electron chi connectivity index (χ1n) is 5.18. The topological polar surface area (TPSA) is 67.6 Å². The molecule has 0 aromatic carbocycles. The smallest absolute Gasteiger partial charge is 0.179 e. The summed E-state index contributed by atoms with van der Waals surface area (Å²) in [5.41, 5.74) is 7.70. The van der Waals surface area contributed by atoms with Crippen molar-refractivity contribution in [3.63, 3.8) is 0 Å². The van der Waals surface area contributed by atoms with E-state index in [1.165, 1.54) is 6.42 Å². The highest BCUT2D eigenvalue weighted by Gasteiger charge is 2.48. The van der Waals surface area contributed by atoms with Crippen LogP contribution >= 0.6 is 0 Å². The number of pyridine rings is 1. The van der Waals surface area contributed by atoms with Gasteiger partial charge in [-0.25, -0.2) is 9.97 Å². The average molecular weight is 202 g/mol. The molecule has 0 radical (unpaired) electrons. The maximum Gasteiger partial charge on any atom is 0.179 e. The monoisotopic (exact) mass is 202 g/mol. The molecule has 1 aliphatic rings. The number of H-pyrrole nitrogens is 1. The zero-order chi connectivity index (χ0) is 10.6. The fourth-order valence-corrected chi connectivity index (χ4v) is 2.02. The molecule has 0 bridgehead atoms. The molecule has 1 aliphatic carbocycles. The largest absolute Gasteiger partial charge is 0.384 e. The number of fused-ring (bicyclic) bond motifs is 1. The lowest BCUT2D eigenvalue weighted by Gasteiger charge is -1.97. The van der Waals surface area contributed by atoms with Crippen LogP contribution in [0.3, 0.4) is 0 Å². The molecule has 1 unspecified atom stereocenters. The van der Waals surface area contributed by atoms with E-state index in [0.29, 0.717) is 17.2 Å². The zero-order valence-electron chi connectivity index (χ0n) is 8.91. The van der Waals surface area contributed by atoms with Crippen molar-refractivity contribution in [3.8, 4) is 0 Å². The molecule has 3 rings (SSSR count). The van der Waals surface area contributed by atoms with Gasteiger partial charge in [-0.2, -0.15) is 0 Å². The van der Waals surface area contributed by atoms with Crippen LogP contribution in [0, 0.1) is 5.41 Å². The molecule has 1 saturated carbocycles. The molecule has 2 aromatic rings. The number of anilines is 1. The molecule has 4 nitrogen and oxygen atoms in total. The van der Waals surface area contributed by atoms with Crippen molar-refractivity contribution >= 4 is 17.0 Å². The van der Waals surface area contributed by atoms with Crippen LogP contribution in [0.2, 0.25) is 0 Å². The molecule has 78 valence electrons. The maximum absolute atomic E-state index is 5.61. The van der Waals surface area contributed by atoms with Gasteiger partial charge in [0.1, 0.15) is 11.6 Å². The van der Waals surface area contributed by atoms with E-state index in [-0.39, 0.29) is 0 Å². The first kappa shape index (κ1) is 8.71. The predicted octanol–water partition coefficient (Wildman–Crippen LogP) is 2.05. The van der Waals surface area contributed by atoms with Crippen molar-refractivity contribution in [2.24, 2.45) is 5.41 Å². The second-order valence-corrected chi connectivity index (χ2v) is 4.97. The minimum atomic E-state index is 0.388. The van der Waals surface area contributed by atoms with Gasteiger partial charge < -0.3 is 10.7 Å². The van der Waals surface area contributed by atoms with Gasteiger partial charge in [-0.15, -0.1) is 0 Å². The van der Waals surface area contributed by atoms with Gasteiger partial charge in [-0.1, -0.05) is 13.8 Å². The Labute approximate surface area is 87.9 Å². The van der Waals surface area contributed by atoms with E-state index in [1.807, 2.05) is 6.07 Å². The number of imidazole rings is 1. The van der Waals surface area contributed by atoms with E-state index in [1.54, 1.807) is 6.07 Å². The molecule has 1 fully saturated rings. The lowest BCUT2D eigenvalue weighted by atomic mass is 10.1. The number of hydrogen-bond donors (Lipinski definition) is 2. The minimum absolute atomic E-state index is 0.388. The molecule has 15 heavy (non-hydrogen) atoms. The highest BCUT2D eigenvalue weighted by Crippen LogP contribution is 2.57. The second-order valence-electron chi connectivity index (χ2n) is 4.97. The Balaban J connectivity index is 2.08. The van der Waals surface area contributed by atoms with Crippen LogP contribution in [0.5, 0.6) is 0 Å². The normalized spacial score (nSPS) is 23.2. The maximum atomic E-state index is 5.61. The van der Waals surface area contributed by atoms with Crippen LogP contribution in [-0.2, 0) is 0 Å². The number of nitrogens with zero attached hydrogens (tertiary/aromatic N) is 2. The predicted molar refractivity (Wildman–Crippen MR) is 59.4 cm³/mol. The number of nitrogen functional groups attached to an aromatic ring is 1. The molecule has 0 amide bonds. The van der Waals surface area contributed by atoms with E-state index >= 15 is 0 Å². The van der Waals surface area contributed by atoms with Gasteiger partial charge >= 0.3 is 0 Å². The number of rotatable bonds is 1. The van der Waals surface area contributed by atoms with Gasteiger partial charge in [-0.3, -0.25) is 0 Å². The molecule has 0 aliphatic heterocycles. The number of nitrogens with one attached hydrogen (secondary N) is 1. The van der Waals surface area contributed by atoms with Gasteiger partial charge in [0.15, 0.2) is 5.65 Å². The molecule has 2 aromatic heterocycles. The molecular weight excluding hydrogens is 188 g/mol. The zero-order valence-corrected chi connectivity index (χ0v) is 8.91. The summed E-state index contributed by atoms with van der Waals surface area (Å²) in [6.07, 6.45) is 1.20. The van der Waals surface area contributed by atoms with Crippen LogP contribution in [0.15, 0.2) is 12.1 Å². The third-order valence-corrected chi connectivity index (χ3v) is 3.23. The van der Waals surface area contributed by atoms with E-state index in [0.717, 1.165) is 17.0 Å². The molecule has 2 heterocycles. The van der Waals surface area contributed by atoms with Crippen LogP contribution in [-0.4, -0.2) is 15.0 Å². The fourth-order valence-electron chi connectivity index (χ4n) is 2.02. The molecule has 0 saturated heterocycles. The van der Waals surface area contributed by atoms with E-state index < -0.39 is 0 Å². The molecule has 0 spiro atoms. The van der Waals surface area contributed by atoms with Crippen LogP contribution in [0.1, 0.15) is 32.0 Å². The number of aromatic nitrogens is 3. The van der Waals surface area contributed by atoms with Gasteiger partial charge in [0.2, 0.25) is 0 Å². The van der Waals surface area contributed by atoms with Gasteiger partial charge in [0.05, 0.1) is 5.52 Å². The standard InChI is InChI=1S/C11H14N4/c1-11(2)5-6(11)9-13-7-3-4-8(12)14-10(7)15-9/h3-4,6H,5H2,1-2H3,(H3,12,13,14,15). The van der Waals surface area contributed by atoms with E-state index in [4.69, 9.17) is 5.73 Å². The third-order valence-electron chi connectivity index (χ3n) is 3.23. The highest BCUT2D eigenvalue weighted by molar-refractivity contribution is 5.72. The summed E-state index contributed by atoms with van der Waals surface area (Å²) < 4.78 is 0. The van der Waals surface area contributed by atoms with E-state index in [9.17, 15) is 0 Å². The summed E-state index contributed by atoms with van der Waals surface area (Å²) >= 11 is 0. The van der Waals surface area contributed by atoms with Gasteiger partial charge in [-0.05, 0) is 24.0 Å². The number of nitrogens with two attached hydrogens (primary N) is 1. The summed E-state index contributed by atoms with van der Waals surface area (Å²) in [6.45, 7) is 4.51. The van der Waals surface area contributed by atoms with Gasteiger partial charge in [0, 0.05) is 5.92 Å². The first-order chi connectivity index (χ1) is 7.06.